The highest BCUT2D eigenvalue weighted by Gasteiger charge is 2.00. The van der Waals surface area contributed by atoms with Gasteiger partial charge in [-0.25, -0.2) is 0 Å². The molecule has 2 heteroatoms. The van der Waals surface area contributed by atoms with Gasteiger partial charge < -0.3 is 4.90 Å². The highest BCUT2D eigenvalue weighted by Crippen LogP contribution is 2.25. The Morgan fingerprint density at radius 3 is 2.57 bits per heavy atom. The zero-order valence-electron chi connectivity index (χ0n) is 8.36. The fourth-order valence-corrected chi connectivity index (χ4v) is 1.80. The number of thiol groups is 1. The summed E-state index contributed by atoms with van der Waals surface area (Å²) in [5.74, 6) is 0. The van der Waals surface area contributed by atoms with Crippen molar-refractivity contribution < 1.29 is 0 Å². The van der Waals surface area contributed by atoms with E-state index in [-0.39, 0.29) is 0 Å². The van der Waals surface area contributed by atoms with Crippen molar-refractivity contribution in [3.63, 3.8) is 0 Å². The lowest BCUT2D eigenvalue weighted by atomic mass is 10.1. The number of hydrogen-bond acceptors (Lipinski definition) is 2. The van der Waals surface area contributed by atoms with Gasteiger partial charge in [0, 0.05) is 24.7 Å². The van der Waals surface area contributed by atoms with Gasteiger partial charge in [-0.15, -0.1) is 12.6 Å². The van der Waals surface area contributed by atoms with Gasteiger partial charge in [-0.1, -0.05) is 18.2 Å². The van der Waals surface area contributed by atoms with Crippen LogP contribution >= 0.6 is 12.6 Å². The smallest absolute Gasteiger partial charge is 0.0367 e. The Bertz CT molecular complexity index is 463. The van der Waals surface area contributed by atoms with Gasteiger partial charge in [0.15, 0.2) is 0 Å². The Balaban J connectivity index is 2.70. The SMILES string of the molecule is CN(C)c1ccc2cccc(S)c2c1. The molecule has 0 fully saturated rings. The molecule has 0 unspecified atom stereocenters. The van der Waals surface area contributed by atoms with Gasteiger partial charge in [0.2, 0.25) is 0 Å². The van der Waals surface area contributed by atoms with Crippen LogP contribution in [0.1, 0.15) is 0 Å². The predicted molar refractivity (Wildman–Crippen MR) is 65.5 cm³/mol. The van der Waals surface area contributed by atoms with Crippen LogP contribution in [0, 0.1) is 0 Å². The highest BCUT2D eigenvalue weighted by atomic mass is 32.1. The summed E-state index contributed by atoms with van der Waals surface area (Å²) in [4.78, 5) is 3.13. The van der Waals surface area contributed by atoms with E-state index < -0.39 is 0 Å². The van der Waals surface area contributed by atoms with Crippen molar-refractivity contribution >= 4 is 29.1 Å². The lowest BCUT2D eigenvalue weighted by Gasteiger charge is -2.13. The summed E-state index contributed by atoms with van der Waals surface area (Å²) < 4.78 is 0. The van der Waals surface area contributed by atoms with Crippen molar-refractivity contribution in [2.24, 2.45) is 0 Å². The van der Waals surface area contributed by atoms with E-state index in [2.05, 4.69) is 41.8 Å². The summed E-state index contributed by atoms with van der Waals surface area (Å²) in [5.41, 5.74) is 1.21. The minimum Gasteiger partial charge on any atom is -0.378 e. The molecule has 0 saturated heterocycles. The summed E-state index contributed by atoms with van der Waals surface area (Å²) >= 11 is 4.45. The van der Waals surface area contributed by atoms with E-state index >= 15 is 0 Å². The molecule has 2 aromatic carbocycles. The molecule has 0 atom stereocenters. The first-order valence-corrected chi connectivity index (χ1v) is 5.02. The van der Waals surface area contributed by atoms with Crippen LogP contribution in [0.4, 0.5) is 5.69 Å². The van der Waals surface area contributed by atoms with Crippen LogP contribution in [0.5, 0.6) is 0 Å². The average molecular weight is 203 g/mol. The fourth-order valence-electron chi connectivity index (χ4n) is 1.52. The standard InChI is InChI=1S/C12H13NS/c1-13(2)10-7-6-9-4-3-5-12(14)11(9)8-10/h3-8,14H,1-2H3. The largest absolute Gasteiger partial charge is 0.378 e. The predicted octanol–water partition coefficient (Wildman–Crippen LogP) is 3.19. The molecule has 0 radical (unpaired) electrons. The van der Waals surface area contributed by atoms with Crippen LogP contribution in [0.3, 0.4) is 0 Å². The van der Waals surface area contributed by atoms with Crippen LogP contribution < -0.4 is 4.90 Å². The molecule has 0 aliphatic heterocycles. The van der Waals surface area contributed by atoms with E-state index in [1.807, 2.05) is 26.2 Å². The zero-order valence-corrected chi connectivity index (χ0v) is 9.25. The molecule has 0 saturated carbocycles. The van der Waals surface area contributed by atoms with Gasteiger partial charge in [-0.05, 0) is 29.0 Å². The van der Waals surface area contributed by atoms with Crippen LogP contribution in [0.15, 0.2) is 41.3 Å². The Hall–Kier alpha value is -1.15. The van der Waals surface area contributed by atoms with Gasteiger partial charge in [0.1, 0.15) is 0 Å². The molecule has 14 heavy (non-hydrogen) atoms. The Kier molecular flexibility index (Phi) is 2.38. The third-order valence-corrected chi connectivity index (χ3v) is 2.75. The lowest BCUT2D eigenvalue weighted by Crippen LogP contribution is -2.08. The van der Waals surface area contributed by atoms with Crippen LogP contribution in [-0.2, 0) is 0 Å². The maximum Gasteiger partial charge on any atom is 0.0367 e. The van der Waals surface area contributed by atoms with Crippen molar-refractivity contribution in [3.8, 4) is 0 Å². The maximum absolute atomic E-state index is 4.45. The molecule has 0 amide bonds. The second-order valence-electron chi connectivity index (χ2n) is 3.58. The topological polar surface area (TPSA) is 3.24 Å². The summed E-state index contributed by atoms with van der Waals surface area (Å²) in [6.07, 6.45) is 0. The van der Waals surface area contributed by atoms with E-state index in [9.17, 15) is 0 Å². The van der Waals surface area contributed by atoms with E-state index in [0.29, 0.717) is 0 Å². The maximum atomic E-state index is 4.45. The zero-order chi connectivity index (χ0) is 10.1. The molecular formula is C12H13NS. The number of nitrogens with zero attached hydrogens (tertiary/aromatic N) is 1. The first-order valence-electron chi connectivity index (χ1n) is 4.57. The normalized spacial score (nSPS) is 10.5. The van der Waals surface area contributed by atoms with Crippen molar-refractivity contribution in [3.05, 3.63) is 36.4 Å². The van der Waals surface area contributed by atoms with Gasteiger partial charge in [0.05, 0.1) is 0 Å². The molecule has 0 aromatic heterocycles. The van der Waals surface area contributed by atoms with Gasteiger partial charge >= 0.3 is 0 Å². The van der Waals surface area contributed by atoms with E-state index in [1.165, 1.54) is 16.5 Å². The quantitative estimate of drug-likeness (QED) is 0.697. The van der Waals surface area contributed by atoms with Crippen molar-refractivity contribution in [1.29, 1.82) is 0 Å². The fraction of sp³-hybridized carbons (Fsp3) is 0.167. The molecule has 2 aromatic rings. The second kappa shape index (κ2) is 3.54. The van der Waals surface area contributed by atoms with Gasteiger partial charge in [-0.2, -0.15) is 0 Å². The van der Waals surface area contributed by atoms with Gasteiger partial charge in [0.25, 0.3) is 0 Å². The summed E-state index contributed by atoms with van der Waals surface area (Å²) in [6, 6.07) is 12.6. The third-order valence-electron chi connectivity index (χ3n) is 2.36. The number of rotatable bonds is 1. The molecule has 0 N–H and O–H groups in total. The first kappa shape index (κ1) is 9.41. The molecule has 1 nitrogen and oxygen atoms in total. The number of anilines is 1. The third kappa shape index (κ3) is 1.58. The molecule has 0 bridgehead atoms. The number of fused-ring (bicyclic) bond motifs is 1. The summed E-state index contributed by atoms with van der Waals surface area (Å²) in [7, 11) is 4.09. The minimum absolute atomic E-state index is 1.03. The van der Waals surface area contributed by atoms with Gasteiger partial charge in [-0.3, -0.25) is 0 Å². The number of benzene rings is 2. The molecule has 0 heterocycles. The molecule has 72 valence electrons. The van der Waals surface area contributed by atoms with Crippen molar-refractivity contribution in [2.45, 2.75) is 4.90 Å². The van der Waals surface area contributed by atoms with Crippen molar-refractivity contribution in [1.82, 2.24) is 0 Å². The van der Waals surface area contributed by atoms with Crippen LogP contribution in [0.25, 0.3) is 10.8 Å². The second-order valence-corrected chi connectivity index (χ2v) is 4.06. The highest BCUT2D eigenvalue weighted by molar-refractivity contribution is 7.80. The Morgan fingerprint density at radius 1 is 1.07 bits per heavy atom. The van der Waals surface area contributed by atoms with Crippen LogP contribution in [-0.4, -0.2) is 14.1 Å². The average Bonchev–Trinajstić information content (AvgIpc) is 2.18. The molecule has 2 rings (SSSR count). The van der Waals surface area contributed by atoms with E-state index in [1.54, 1.807) is 0 Å². The monoisotopic (exact) mass is 203 g/mol. The lowest BCUT2D eigenvalue weighted by molar-refractivity contribution is 1.13. The molecule has 0 aliphatic rings. The van der Waals surface area contributed by atoms with Crippen molar-refractivity contribution in [2.75, 3.05) is 19.0 Å². The Labute approximate surface area is 89.8 Å². The molecule has 0 aliphatic carbocycles. The summed E-state index contributed by atoms with van der Waals surface area (Å²) in [5, 5.41) is 2.45. The summed E-state index contributed by atoms with van der Waals surface area (Å²) in [6.45, 7) is 0. The minimum atomic E-state index is 1.03. The molecule has 0 spiro atoms. The van der Waals surface area contributed by atoms with E-state index in [4.69, 9.17) is 0 Å². The molecular weight excluding hydrogens is 190 g/mol. The van der Waals surface area contributed by atoms with E-state index in [0.717, 1.165) is 4.90 Å². The number of hydrogen-bond donors (Lipinski definition) is 1. The van der Waals surface area contributed by atoms with Crippen LogP contribution in [0.2, 0.25) is 0 Å². The Morgan fingerprint density at radius 2 is 1.86 bits per heavy atom. The first-order chi connectivity index (χ1) is 6.68.